The number of rotatable bonds is 6. The van der Waals surface area contributed by atoms with Gasteiger partial charge in [-0.25, -0.2) is 0 Å². The topological polar surface area (TPSA) is 34.1 Å². The fourth-order valence-electron chi connectivity index (χ4n) is 1.86. The molecule has 1 N–H and O–H groups in total. The third-order valence-electron chi connectivity index (χ3n) is 2.87. The van der Waals surface area contributed by atoms with Crippen molar-refractivity contribution in [1.29, 1.82) is 0 Å². The fourth-order valence-corrected chi connectivity index (χ4v) is 1.86. The molecule has 0 bridgehead atoms. The Bertz CT molecular complexity index is 499. The Morgan fingerprint density at radius 1 is 1.26 bits per heavy atom. The summed E-state index contributed by atoms with van der Waals surface area (Å²) in [5.74, 6) is 0.908. The predicted octanol–water partition coefficient (Wildman–Crippen LogP) is 4.04. The van der Waals surface area contributed by atoms with Crippen LogP contribution in [-0.2, 0) is 0 Å². The van der Waals surface area contributed by atoms with Gasteiger partial charge in [-0.3, -0.25) is 4.98 Å². The Labute approximate surface area is 114 Å². The largest absolute Gasteiger partial charge is 0.494 e. The highest BCUT2D eigenvalue weighted by molar-refractivity contribution is 5.49. The summed E-state index contributed by atoms with van der Waals surface area (Å²) in [4.78, 5) is 4.14. The van der Waals surface area contributed by atoms with E-state index in [4.69, 9.17) is 4.74 Å². The van der Waals surface area contributed by atoms with Crippen LogP contribution in [-0.4, -0.2) is 11.6 Å². The van der Waals surface area contributed by atoms with E-state index in [1.54, 1.807) is 6.20 Å². The Hall–Kier alpha value is -2.03. The van der Waals surface area contributed by atoms with Crippen LogP contribution in [0.15, 0.2) is 48.8 Å². The minimum absolute atomic E-state index is 0.218. The van der Waals surface area contributed by atoms with Crippen LogP contribution in [0.5, 0.6) is 5.75 Å². The first kappa shape index (κ1) is 13.4. The van der Waals surface area contributed by atoms with E-state index in [1.165, 1.54) is 5.56 Å². The Morgan fingerprint density at radius 2 is 2.16 bits per heavy atom. The van der Waals surface area contributed by atoms with Crippen molar-refractivity contribution in [3.05, 3.63) is 54.4 Å². The number of pyridine rings is 1. The SMILES string of the molecule is CCCOc1cccc(NC(C)c2cccnc2)c1. The Kier molecular flexibility index (Phi) is 4.78. The summed E-state index contributed by atoms with van der Waals surface area (Å²) in [7, 11) is 0. The molecule has 1 unspecified atom stereocenters. The van der Waals surface area contributed by atoms with Crippen molar-refractivity contribution in [2.75, 3.05) is 11.9 Å². The van der Waals surface area contributed by atoms with E-state index in [2.05, 4.69) is 30.2 Å². The average Bonchev–Trinajstić information content (AvgIpc) is 2.46. The zero-order valence-corrected chi connectivity index (χ0v) is 11.5. The molecule has 1 aromatic carbocycles. The molecule has 19 heavy (non-hydrogen) atoms. The van der Waals surface area contributed by atoms with Gasteiger partial charge in [-0.05, 0) is 37.1 Å². The van der Waals surface area contributed by atoms with Crippen LogP contribution < -0.4 is 10.1 Å². The summed E-state index contributed by atoms with van der Waals surface area (Å²) in [5, 5.41) is 3.45. The lowest BCUT2D eigenvalue weighted by atomic mass is 10.1. The van der Waals surface area contributed by atoms with Gasteiger partial charge in [-0.1, -0.05) is 19.1 Å². The molecule has 2 aromatic rings. The molecule has 0 aliphatic rings. The summed E-state index contributed by atoms with van der Waals surface area (Å²) in [6, 6.07) is 12.3. The van der Waals surface area contributed by atoms with Gasteiger partial charge in [0.2, 0.25) is 0 Å². The van der Waals surface area contributed by atoms with Gasteiger partial charge in [0.05, 0.1) is 12.6 Å². The zero-order valence-electron chi connectivity index (χ0n) is 11.5. The van der Waals surface area contributed by atoms with Gasteiger partial charge in [-0.2, -0.15) is 0 Å². The number of aromatic nitrogens is 1. The lowest BCUT2D eigenvalue weighted by molar-refractivity contribution is 0.317. The number of nitrogens with one attached hydrogen (secondary N) is 1. The molecule has 0 amide bonds. The minimum Gasteiger partial charge on any atom is -0.494 e. The number of nitrogens with zero attached hydrogens (tertiary/aromatic N) is 1. The van der Waals surface area contributed by atoms with Crippen molar-refractivity contribution >= 4 is 5.69 Å². The summed E-state index contributed by atoms with van der Waals surface area (Å²) >= 11 is 0. The highest BCUT2D eigenvalue weighted by Gasteiger charge is 2.05. The van der Waals surface area contributed by atoms with Crippen molar-refractivity contribution < 1.29 is 4.74 Å². The lowest BCUT2D eigenvalue weighted by Crippen LogP contribution is -2.07. The van der Waals surface area contributed by atoms with Gasteiger partial charge in [-0.15, -0.1) is 0 Å². The van der Waals surface area contributed by atoms with E-state index in [0.29, 0.717) is 0 Å². The second-order valence-corrected chi connectivity index (χ2v) is 4.53. The van der Waals surface area contributed by atoms with Crippen LogP contribution in [0.2, 0.25) is 0 Å². The van der Waals surface area contributed by atoms with Crippen LogP contribution in [0.1, 0.15) is 31.9 Å². The molecule has 0 saturated heterocycles. The number of hydrogen-bond donors (Lipinski definition) is 1. The second kappa shape index (κ2) is 6.78. The molecule has 0 aliphatic heterocycles. The standard InChI is InChI=1S/C16H20N2O/c1-3-10-19-16-8-4-7-15(11-16)18-13(2)14-6-5-9-17-12-14/h4-9,11-13,18H,3,10H2,1-2H3. The highest BCUT2D eigenvalue weighted by atomic mass is 16.5. The highest BCUT2D eigenvalue weighted by Crippen LogP contribution is 2.22. The number of hydrogen-bond acceptors (Lipinski definition) is 3. The smallest absolute Gasteiger partial charge is 0.121 e. The van der Waals surface area contributed by atoms with Crippen LogP contribution in [0, 0.1) is 0 Å². The maximum atomic E-state index is 5.63. The van der Waals surface area contributed by atoms with E-state index in [1.807, 2.05) is 36.5 Å². The molecule has 0 radical (unpaired) electrons. The quantitative estimate of drug-likeness (QED) is 0.846. The molecule has 2 rings (SSSR count). The summed E-state index contributed by atoms with van der Waals surface area (Å²) in [6.07, 6.45) is 4.69. The molecule has 3 heteroatoms. The summed E-state index contributed by atoms with van der Waals surface area (Å²) < 4.78 is 5.63. The molecule has 100 valence electrons. The summed E-state index contributed by atoms with van der Waals surface area (Å²) in [6.45, 7) is 4.98. The van der Waals surface area contributed by atoms with Crippen LogP contribution in [0.25, 0.3) is 0 Å². The molecule has 0 aliphatic carbocycles. The molecule has 0 fully saturated rings. The first-order valence-corrected chi connectivity index (χ1v) is 6.69. The molecule has 0 saturated carbocycles. The van der Waals surface area contributed by atoms with Crippen molar-refractivity contribution in [2.24, 2.45) is 0 Å². The third-order valence-corrected chi connectivity index (χ3v) is 2.87. The first-order valence-electron chi connectivity index (χ1n) is 6.69. The monoisotopic (exact) mass is 256 g/mol. The van der Waals surface area contributed by atoms with Gasteiger partial charge in [0.1, 0.15) is 5.75 Å². The third kappa shape index (κ3) is 3.98. The minimum atomic E-state index is 0.218. The molecule has 1 atom stereocenters. The summed E-state index contributed by atoms with van der Waals surface area (Å²) in [5.41, 5.74) is 2.23. The first-order chi connectivity index (χ1) is 9.29. The molecule has 1 heterocycles. The number of benzene rings is 1. The van der Waals surface area contributed by atoms with E-state index >= 15 is 0 Å². The molecule has 3 nitrogen and oxygen atoms in total. The molecular formula is C16H20N2O. The average molecular weight is 256 g/mol. The predicted molar refractivity (Wildman–Crippen MR) is 78.5 cm³/mol. The van der Waals surface area contributed by atoms with Crippen molar-refractivity contribution in [1.82, 2.24) is 4.98 Å². The number of ether oxygens (including phenoxy) is 1. The van der Waals surface area contributed by atoms with E-state index in [-0.39, 0.29) is 6.04 Å². The van der Waals surface area contributed by atoms with Gasteiger partial charge < -0.3 is 10.1 Å². The van der Waals surface area contributed by atoms with Crippen LogP contribution >= 0.6 is 0 Å². The van der Waals surface area contributed by atoms with E-state index in [0.717, 1.165) is 24.5 Å². The zero-order chi connectivity index (χ0) is 13.5. The van der Waals surface area contributed by atoms with Crippen molar-refractivity contribution in [2.45, 2.75) is 26.3 Å². The lowest BCUT2D eigenvalue weighted by Gasteiger charge is -2.16. The Balaban J connectivity index is 2.02. The van der Waals surface area contributed by atoms with Gasteiger partial charge >= 0.3 is 0 Å². The van der Waals surface area contributed by atoms with Gasteiger partial charge in [0.25, 0.3) is 0 Å². The maximum absolute atomic E-state index is 5.63. The fraction of sp³-hybridized carbons (Fsp3) is 0.312. The number of anilines is 1. The van der Waals surface area contributed by atoms with Crippen molar-refractivity contribution in [3.63, 3.8) is 0 Å². The molecule has 1 aromatic heterocycles. The van der Waals surface area contributed by atoms with E-state index < -0.39 is 0 Å². The van der Waals surface area contributed by atoms with Crippen LogP contribution in [0.4, 0.5) is 5.69 Å². The second-order valence-electron chi connectivity index (χ2n) is 4.53. The van der Waals surface area contributed by atoms with Crippen LogP contribution in [0.3, 0.4) is 0 Å². The van der Waals surface area contributed by atoms with Crippen molar-refractivity contribution in [3.8, 4) is 5.75 Å². The van der Waals surface area contributed by atoms with Gasteiger partial charge in [0.15, 0.2) is 0 Å². The molecular weight excluding hydrogens is 236 g/mol. The van der Waals surface area contributed by atoms with E-state index in [9.17, 15) is 0 Å². The van der Waals surface area contributed by atoms with Gasteiger partial charge in [0, 0.05) is 24.1 Å². The molecule has 0 spiro atoms. The Morgan fingerprint density at radius 3 is 2.89 bits per heavy atom. The normalized spacial score (nSPS) is 11.9. The maximum Gasteiger partial charge on any atom is 0.121 e.